The zero-order chi connectivity index (χ0) is 33.1. The lowest BCUT2D eigenvalue weighted by Crippen LogP contribution is -2.37. The third-order valence-electron chi connectivity index (χ3n) is 9.63. The summed E-state index contributed by atoms with van der Waals surface area (Å²) in [4.78, 5) is 38.9. The highest BCUT2D eigenvalue weighted by atomic mass is 32.1. The van der Waals surface area contributed by atoms with Crippen LogP contribution in [0.2, 0.25) is 0 Å². The molecular weight excluding hydrogens is 621 g/mol. The molecule has 0 bridgehead atoms. The van der Waals surface area contributed by atoms with Gasteiger partial charge < -0.3 is 15.5 Å². The maximum atomic E-state index is 13.7. The minimum Gasteiger partial charge on any atom is -0.354 e. The predicted molar refractivity (Wildman–Crippen MR) is 188 cm³/mol. The van der Waals surface area contributed by atoms with Crippen LogP contribution in [0.4, 0.5) is 11.5 Å². The van der Waals surface area contributed by atoms with E-state index in [1.165, 1.54) is 16.0 Å². The van der Waals surface area contributed by atoms with Crippen molar-refractivity contribution < 1.29 is 9.59 Å². The number of thiophene rings is 1. The molecule has 1 unspecified atom stereocenters. The molecule has 1 fully saturated rings. The first-order valence-electron chi connectivity index (χ1n) is 16.3. The van der Waals surface area contributed by atoms with Gasteiger partial charge in [-0.2, -0.15) is 0 Å². The standard InChI is InChI=1S/C37H36N8O2S/c1-20-5-7-24(8-6-20)35-34-21(2)22(3)48-37(34)45-23(4)42-43-36(45)30(41-35)17-33(47)39-28-13-14-44(19-28)31-12-10-26(18-38-31)25-9-11-29-27(15-25)16-32(46)40-29/h5-12,15,18,28,30H,13-14,16-17,19H2,1-4H3,(H,39,47)(H,40,46)/t28?,30-/m0/s1. The van der Waals surface area contributed by atoms with Crippen LogP contribution < -0.4 is 15.5 Å². The Morgan fingerprint density at radius 3 is 2.58 bits per heavy atom. The molecule has 8 rings (SSSR count). The summed E-state index contributed by atoms with van der Waals surface area (Å²) in [5, 5.41) is 16.2. The molecule has 2 atom stereocenters. The number of aliphatic imine (C=N–C) groups is 1. The fraction of sp³-hybridized carbons (Fsp3) is 0.297. The van der Waals surface area contributed by atoms with E-state index in [1.54, 1.807) is 11.3 Å². The van der Waals surface area contributed by atoms with Gasteiger partial charge >= 0.3 is 0 Å². The molecule has 3 aliphatic heterocycles. The largest absolute Gasteiger partial charge is 0.354 e. The van der Waals surface area contributed by atoms with Crippen LogP contribution in [0.1, 0.15) is 63.2 Å². The van der Waals surface area contributed by atoms with Crippen LogP contribution in [0.25, 0.3) is 16.1 Å². The Morgan fingerprint density at radius 1 is 1.00 bits per heavy atom. The number of nitrogens with one attached hydrogen (secondary N) is 2. The van der Waals surface area contributed by atoms with Crippen LogP contribution in [0.5, 0.6) is 0 Å². The molecule has 11 heteroatoms. The summed E-state index contributed by atoms with van der Waals surface area (Å²) in [5.41, 5.74) is 9.30. The van der Waals surface area contributed by atoms with Crippen molar-refractivity contribution in [2.75, 3.05) is 23.3 Å². The maximum Gasteiger partial charge on any atom is 0.228 e. The van der Waals surface area contributed by atoms with Crippen LogP contribution in [0.15, 0.2) is 65.8 Å². The van der Waals surface area contributed by atoms with Crippen LogP contribution >= 0.6 is 11.3 Å². The number of pyridine rings is 1. The van der Waals surface area contributed by atoms with E-state index in [2.05, 4.69) is 87.5 Å². The number of carbonyl (C=O) groups excluding carboxylic acids is 2. The molecule has 0 aliphatic carbocycles. The summed E-state index contributed by atoms with van der Waals surface area (Å²) < 4.78 is 2.09. The molecule has 2 N–H and O–H groups in total. The second-order valence-electron chi connectivity index (χ2n) is 13.0. The fourth-order valence-corrected chi connectivity index (χ4v) is 8.15. The lowest BCUT2D eigenvalue weighted by molar-refractivity contribution is -0.122. The number of aryl methyl sites for hydroxylation is 3. The summed E-state index contributed by atoms with van der Waals surface area (Å²) in [6.07, 6.45) is 3.29. The quantitative estimate of drug-likeness (QED) is 0.239. The van der Waals surface area contributed by atoms with E-state index in [9.17, 15) is 9.59 Å². The summed E-state index contributed by atoms with van der Waals surface area (Å²) >= 11 is 1.72. The summed E-state index contributed by atoms with van der Waals surface area (Å²) in [7, 11) is 0. The van der Waals surface area contributed by atoms with Crippen molar-refractivity contribution in [1.82, 2.24) is 25.1 Å². The van der Waals surface area contributed by atoms with Gasteiger partial charge in [0, 0.05) is 52.6 Å². The Hall–Kier alpha value is -5.16. The van der Waals surface area contributed by atoms with E-state index in [0.29, 0.717) is 18.8 Å². The highest BCUT2D eigenvalue weighted by Crippen LogP contribution is 2.39. The zero-order valence-electron chi connectivity index (χ0n) is 27.4. The molecule has 0 saturated carbocycles. The molecule has 5 aromatic rings. The molecule has 3 aromatic heterocycles. The number of aromatic nitrogens is 4. The summed E-state index contributed by atoms with van der Waals surface area (Å²) in [5.74, 6) is 2.32. The van der Waals surface area contributed by atoms with Crippen LogP contribution in [0.3, 0.4) is 0 Å². The number of anilines is 2. The first-order chi connectivity index (χ1) is 23.2. The highest BCUT2D eigenvalue weighted by Gasteiger charge is 2.33. The molecule has 1 saturated heterocycles. The van der Waals surface area contributed by atoms with Gasteiger partial charge in [-0.3, -0.25) is 19.1 Å². The van der Waals surface area contributed by atoms with Gasteiger partial charge in [-0.1, -0.05) is 35.9 Å². The Kier molecular flexibility index (Phi) is 7.43. The van der Waals surface area contributed by atoms with Gasteiger partial charge in [-0.05, 0) is 75.1 Å². The molecule has 2 aromatic carbocycles. The lowest BCUT2D eigenvalue weighted by atomic mass is 9.99. The predicted octanol–water partition coefficient (Wildman–Crippen LogP) is 5.80. The SMILES string of the molecule is Cc1ccc(C2=N[C@@H](CC(=O)NC3CCN(c4ccc(-c5ccc6c(c5)CC(=O)N6)cn4)C3)c3nnc(C)n3-c3sc(C)c(C)c32)cc1. The van der Waals surface area contributed by atoms with Gasteiger partial charge in [0.25, 0.3) is 0 Å². The van der Waals surface area contributed by atoms with Crippen molar-refractivity contribution in [2.24, 2.45) is 4.99 Å². The second kappa shape index (κ2) is 11.8. The number of benzene rings is 2. The number of nitrogens with zero attached hydrogens (tertiary/aromatic N) is 6. The first-order valence-corrected chi connectivity index (χ1v) is 17.1. The van der Waals surface area contributed by atoms with Crippen molar-refractivity contribution in [3.05, 3.63) is 105 Å². The van der Waals surface area contributed by atoms with Gasteiger partial charge in [0.15, 0.2) is 5.82 Å². The molecule has 6 heterocycles. The van der Waals surface area contributed by atoms with Crippen molar-refractivity contribution in [3.8, 4) is 16.1 Å². The third kappa shape index (κ3) is 5.37. The molecular formula is C37H36N8O2S. The van der Waals surface area contributed by atoms with Crippen LogP contribution in [-0.4, -0.2) is 56.4 Å². The molecule has 3 aliphatic rings. The average Bonchev–Trinajstić information content (AvgIpc) is 3.84. The smallest absolute Gasteiger partial charge is 0.228 e. The van der Waals surface area contributed by atoms with Gasteiger partial charge in [0.2, 0.25) is 11.8 Å². The topological polar surface area (TPSA) is 117 Å². The number of hydrogen-bond acceptors (Lipinski definition) is 8. The average molecular weight is 657 g/mol. The number of carbonyl (C=O) groups is 2. The van der Waals surface area contributed by atoms with Crippen LogP contribution in [0, 0.1) is 27.7 Å². The Bertz CT molecular complexity index is 2110. The van der Waals surface area contributed by atoms with Gasteiger partial charge in [-0.15, -0.1) is 21.5 Å². The van der Waals surface area contributed by atoms with Crippen molar-refractivity contribution in [2.45, 2.75) is 59.0 Å². The van der Waals surface area contributed by atoms with E-state index in [-0.39, 0.29) is 24.3 Å². The van der Waals surface area contributed by atoms with Gasteiger partial charge in [0.05, 0.1) is 18.6 Å². The number of rotatable bonds is 6. The second-order valence-corrected chi connectivity index (χ2v) is 14.2. The van der Waals surface area contributed by atoms with Crippen molar-refractivity contribution >= 4 is 40.4 Å². The van der Waals surface area contributed by atoms with Crippen molar-refractivity contribution in [1.29, 1.82) is 0 Å². The van der Waals surface area contributed by atoms with E-state index < -0.39 is 6.04 Å². The fourth-order valence-electron chi connectivity index (χ4n) is 6.94. The van der Waals surface area contributed by atoms with E-state index in [1.807, 2.05) is 31.3 Å². The molecule has 10 nitrogen and oxygen atoms in total. The molecule has 2 amide bonds. The normalized spacial score (nSPS) is 18.1. The monoisotopic (exact) mass is 656 g/mol. The maximum absolute atomic E-state index is 13.7. The lowest BCUT2D eigenvalue weighted by Gasteiger charge is -2.19. The van der Waals surface area contributed by atoms with Crippen molar-refractivity contribution in [3.63, 3.8) is 0 Å². The summed E-state index contributed by atoms with van der Waals surface area (Å²) in [6.45, 7) is 9.79. The Labute approximate surface area is 283 Å². The molecule has 0 spiro atoms. The van der Waals surface area contributed by atoms with Gasteiger partial charge in [0.1, 0.15) is 22.7 Å². The number of fused-ring (bicyclic) bond motifs is 4. The van der Waals surface area contributed by atoms with Gasteiger partial charge in [-0.25, -0.2) is 4.98 Å². The minimum absolute atomic E-state index is 0.00169. The number of hydrogen-bond donors (Lipinski definition) is 2. The summed E-state index contributed by atoms with van der Waals surface area (Å²) in [6, 6.07) is 18.1. The minimum atomic E-state index is -0.485. The third-order valence-corrected chi connectivity index (χ3v) is 10.8. The van der Waals surface area contributed by atoms with E-state index >= 15 is 0 Å². The number of amides is 2. The molecule has 0 radical (unpaired) electrons. The van der Waals surface area contributed by atoms with Crippen LogP contribution in [-0.2, 0) is 16.0 Å². The first kappa shape index (κ1) is 30.2. The Balaban J connectivity index is 0.990. The highest BCUT2D eigenvalue weighted by molar-refractivity contribution is 7.15. The van der Waals surface area contributed by atoms with E-state index in [4.69, 9.17) is 9.98 Å². The zero-order valence-corrected chi connectivity index (χ0v) is 28.2. The molecule has 242 valence electrons. The van der Waals surface area contributed by atoms with E-state index in [0.717, 1.165) is 68.8 Å². The Morgan fingerprint density at radius 2 is 1.79 bits per heavy atom. The molecule has 48 heavy (non-hydrogen) atoms.